The maximum Gasteiger partial charge on any atom is 0.136 e. The van der Waals surface area contributed by atoms with E-state index in [-0.39, 0.29) is 0 Å². The lowest BCUT2D eigenvalue weighted by atomic mass is 9.68. The molecule has 0 atom stereocenters. The number of rotatable bonds is 7. The fourth-order valence-electron chi connectivity index (χ4n) is 11.0. The molecule has 0 aliphatic heterocycles. The van der Waals surface area contributed by atoms with Gasteiger partial charge in [0.05, 0.1) is 16.8 Å². The summed E-state index contributed by atoms with van der Waals surface area (Å²) in [4.78, 5) is 2.52. The summed E-state index contributed by atoms with van der Waals surface area (Å²) in [7, 11) is 0. The molecule has 0 N–H and O–H groups in total. The monoisotopic (exact) mass is 827 g/mol. The number of hydrogen-bond donors (Lipinski definition) is 0. The third-order valence-corrected chi connectivity index (χ3v) is 13.7. The third-order valence-electron chi connectivity index (χ3n) is 13.7. The van der Waals surface area contributed by atoms with E-state index < -0.39 is 5.41 Å². The second-order valence-corrected chi connectivity index (χ2v) is 17.1. The molecule has 12 aromatic rings. The predicted molar refractivity (Wildman–Crippen MR) is 272 cm³/mol. The summed E-state index contributed by atoms with van der Waals surface area (Å²) in [6.45, 7) is 0. The van der Waals surface area contributed by atoms with Crippen LogP contribution in [0.3, 0.4) is 0 Å². The van der Waals surface area contributed by atoms with Crippen molar-refractivity contribution in [2.45, 2.75) is 5.41 Å². The van der Waals surface area contributed by atoms with E-state index in [1.807, 2.05) is 0 Å². The van der Waals surface area contributed by atoms with Gasteiger partial charge < -0.3 is 9.32 Å². The van der Waals surface area contributed by atoms with Gasteiger partial charge in [0.2, 0.25) is 0 Å². The number of furan rings is 1. The Morgan fingerprint density at radius 2 is 0.908 bits per heavy atom. The Morgan fingerprint density at radius 3 is 1.72 bits per heavy atom. The van der Waals surface area contributed by atoms with E-state index >= 15 is 0 Å². The van der Waals surface area contributed by atoms with Crippen LogP contribution in [0.5, 0.6) is 0 Å². The summed E-state index contributed by atoms with van der Waals surface area (Å²) in [5.74, 6) is 0. The lowest BCUT2D eigenvalue weighted by molar-refractivity contribution is 0.669. The largest absolute Gasteiger partial charge is 0.456 e. The van der Waals surface area contributed by atoms with Gasteiger partial charge in [-0.15, -0.1) is 0 Å². The van der Waals surface area contributed by atoms with Gasteiger partial charge in [-0.25, -0.2) is 0 Å². The predicted octanol–water partition coefficient (Wildman–Crippen LogP) is 17.1. The second kappa shape index (κ2) is 14.8. The molecule has 2 nitrogen and oxygen atoms in total. The van der Waals surface area contributed by atoms with Crippen molar-refractivity contribution in [2.24, 2.45) is 0 Å². The van der Waals surface area contributed by atoms with Crippen LogP contribution in [0.4, 0.5) is 17.1 Å². The molecule has 65 heavy (non-hydrogen) atoms. The number of hydrogen-bond acceptors (Lipinski definition) is 2. The molecule has 2 heteroatoms. The van der Waals surface area contributed by atoms with Gasteiger partial charge in [0.1, 0.15) is 11.2 Å². The van der Waals surface area contributed by atoms with Gasteiger partial charge in [-0.05, 0) is 109 Å². The zero-order valence-electron chi connectivity index (χ0n) is 35.5. The summed E-state index contributed by atoms with van der Waals surface area (Å²) in [6.07, 6.45) is 0. The zero-order chi connectivity index (χ0) is 42.9. The van der Waals surface area contributed by atoms with E-state index in [0.717, 1.165) is 55.7 Å². The summed E-state index contributed by atoms with van der Waals surface area (Å²) < 4.78 is 6.69. The lowest BCUT2D eigenvalue weighted by Crippen LogP contribution is -2.28. The van der Waals surface area contributed by atoms with Gasteiger partial charge in [0.15, 0.2) is 0 Å². The molecule has 304 valence electrons. The molecule has 1 aromatic heterocycles. The molecule has 0 radical (unpaired) electrons. The van der Waals surface area contributed by atoms with Crippen molar-refractivity contribution in [1.29, 1.82) is 0 Å². The quantitative estimate of drug-likeness (QED) is 0.159. The van der Waals surface area contributed by atoms with Gasteiger partial charge in [0.25, 0.3) is 0 Å². The normalized spacial score (nSPS) is 12.7. The third kappa shape index (κ3) is 5.67. The highest BCUT2D eigenvalue weighted by molar-refractivity contribution is 6.17. The Labute approximate surface area is 377 Å². The highest BCUT2D eigenvalue weighted by Crippen LogP contribution is 2.60. The Kier molecular flexibility index (Phi) is 8.47. The van der Waals surface area contributed by atoms with Gasteiger partial charge in [-0.1, -0.05) is 206 Å². The molecule has 1 aliphatic carbocycles. The summed E-state index contributed by atoms with van der Waals surface area (Å²) >= 11 is 0. The molecule has 11 aromatic carbocycles. The number of anilines is 3. The molecule has 0 amide bonds. The maximum absolute atomic E-state index is 6.69. The molecule has 0 spiro atoms. The average molecular weight is 828 g/mol. The van der Waals surface area contributed by atoms with Crippen molar-refractivity contribution in [3.63, 3.8) is 0 Å². The first-order valence-corrected chi connectivity index (χ1v) is 22.4. The highest BCUT2D eigenvalue weighted by Gasteiger charge is 2.47. The Balaban J connectivity index is 1.12. The first-order chi connectivity index (χ1) is 32.3. The zero-order valence-corrected chi connectivity index (χ0v) is 35.5. The van der Waals surface area contributed by atoms with Crippen molar-refractivity contribution in [3.8, 4) is 33.4 Å². The molecular formula is C63H41NO. The Morgan fingerprint density at radius 1 is 0.338 bits per heavy atom. The Hall–Kier alpha value is -8.46. The van der Waals surface area contributed by atoms with E-state index in [1.165, 1.54) is 60.5 Å². The van der Waals surface area contributed by atoms with Crippen LogP contribution in [0.15, 0.2) is 253 Å². The Bertz CT molecular complexity index is 3740. The fourth-order valence-corrected chi connectivity index (χ4v) is 11.0. The topological polar surface area (TPSA) is 16.4 Å². The maximum atomic E-state index is 6.69. The van der Waals surface area contributed by atoms with E-state index in [4.69, 9.17) is 4.42 Å². The van der Waals surface area contributed by atoms with Gasteiger partial charge >= 0.3 is 0 Å². The fraction of sp³-hybridized carbons (Fsp3) is 0.0159. The number of benzene rings is 11. The summed E-state index contributed by atoms with van der Waals surface area (Å²) in [5, 5.41) is 7.03. The molecule has 0 unspecified atom stereocenters. The van der Waals surface area contributed by atoms with Crippen molar-refractivity contribution < 1.29 is 4.42 Å². The first-order valence-electron chi connectivity index (χ1n) is 22.4. The lowest BCUT2D eigenvalue weighted by Gasteiger charge is -2.34. The van der Waals surface area contributed by atoms with Crippen LogP contribution in [-0.2, 0) is 5.41 Å². The van der Waals surface area contributed by atoms with Gasteiger partial charge in [-0.2, -0.15) is 0 Å². The van der Waals surface area contributed by atoms with E-state index in [1.54, 1.807) is 0 Å². The molecule has 1 heterocycles. The van der Waals surface area contributed by atoms with Crippen molar-refractivity contribution in [3.05, 3.63) is 271 Å². The van der Waals surface area contributed by atoms with Crippen LogP contribution in [-0.4, -0.2) is 0 Å². The molecule has 0 fully saturated rings. The molecule has 0 bridgehead atoms. The second-order valence-electron chi connectivity index (χ2n) is 17.1. The van der Waals surface area contributed by atoms with E-state index in [2.05, 4.69) is 254 Å². The smallest absolute Gasteiger partial charge is 0.136 e. The molecule has 0 saturated carbocycles. The van der Waals surface area contributed by atoms with E-state index in [9.17, 15) is 0 Å². The number of nitrogens with zero attached hydrogens (tertiary/aromatic N) is 1. The molecule has 13 rings (SSSR count). The van der Waals surface area contributed by atoms with Crippen LogP contribution in [0, 0.1) is 0 Å². The standard InChI is InChI=1S/C63H41NO/c1-3-24-46(25-4-1)63(47-26-5-2-6-27-47)55-34-13-11-31-53(55)62-56(63)35-18-37-58(62)64(48-28-15-23-45(39-48)50-32-16-22-42-19-9-10-29-49(42)50)57-36-14-12-30-51(57)52-33-17-38-59-61(52)54-40-43-20-7-8-21-44(43)41-60(54)65-59/h1-41H. The van der Waals surface area contributed by atoms with E-state index in [0.29, 0.717) is 0 Å². The number of para-hydroxylation sites is 1. The summed E-state index contributed by atoms with van der Waals surface area (Å²) in [5.41, 5.74) is 16.5. The summed E-state index contributed by atoms with van der Waals surface area (Å²) in [6, 6.07) is 91.0. The van der Waals surface area contributed by atoms with Crippen molar-refractivity contribution >= 4 is 60.5 Å². The molecular weight excluding hydrogens is 787 g/mol. The van der Waals surface area contributed by atoms with Crippen LogP contribution in [0.25, 0.3) is 76.9 Å². The first kappa shape index (κ1) is 37.1. The van der Waals surface area contributed by atoms with Crippen molar-refractivity contribution in [2.75, 3.05) is 4.90 Å². The SMILES string of the molecule is c1ccc(C2(c3ccccc3)c3ccccc3-c3c(N(c4cccc(-c5cccc6ccccc56)c4)c4ccccc4-c4cccc5oc6cc7ccccc7cc6c45)cccc32)cc1. The van der Waals surface area contributed by atoms with Crippen molar-refractivity contribution in [1.82, 2.24) is 0 Å². The van der Waals surface area contributed by atoms with Gasteiger partial charge in [0, 0.05) is 27.6 Å². The van der Waals surface area contributed by atoms with Crippen LogP contribution < -0.4 is 4.90 Å². The minimum Gasteiger partial charge on any atom is -0.456 e. The van der Waals surface area contributed by atoms with Gasteiger partial charge in [-0.3, -0.25) is 0 Å². The molecule has 1 aliphatic rings. The average Bonchev–Trinajstić information content (AvgIpc) is 3.90. The van der Waals surface area contributed by atoms with Crippen LogP contribution >= 0.6 is 0 Å². The molecule has 0 saturated heterocycles. The number of fused-ring (bicyclic) bond motifs is 8. The van der Waals surface area contributed by atoms with Crippen LogP contribution in [0.2, 0.25) is 0 Å². The minimum atomic E-state index is -0.551. The van der Waals surface area contributed by atoms with Crippen LogP contribution in [0.1, 0.15) is 22.3 Å². The minimum absolute atomic E-state index is 0.551. The highest BCUT2D eigenvalue weighted by atomic mass is 16.3.